The van der Waals surface area contributed by atoms with E-state index in [2.05, 4.69) is 10.5 Å². The quantitative estimate of drug-likeness (QED) is 0.900. The Bertz CT molecular complexity index is 636. The van der Waals surface area contributed by atoms with Crippen molar-refractivity contribution < 1.29 is 19.1 Å². The number of carbonyl (C=O) groups is 1. The standard InChI is InChI=1S/C18H24N2O4/c1-19-17(21)12-23-16-10-13(6-7-15(16)22-2)14-11-18(24-20-14)8-4-3-5-9-18/h6-7,10H,3-5,8-9,11-12H2,1-2H3,(H,19,21). The highest BCUT2D eigenvalue weighted by atomic mass is 16.7. The lowest BCUT2D eigenvalue weighted by Crippen LogP contribution is -2.31. The summed E-state index contributed by atoms with van der Waals surface area (Å²) in [5.41, 5.74) is 1.77. The maximum absolute atomic E-state index is 11.4. The number of likely N-dealkylation sites (N-methyl/N-ethyl adjacent to an activating group) is 1. The summed E-state index contributed by atoms with van der Waals surface area (Å²) in [7, 11) is 3.16. The molecule has 0 bridgehead atoms. The summed E-state index contributed by atoms with van der Waals surface area (Å²) in [6.45, 7) is -0.0524. The Kier molecular flexibility index (Phi) is 4.92. The van der Waals surface area contributed by atoms with Gasteiger partial charge in [0.2, 0.25) is 0 Å². The van der Waals surface area contributed by atoms with E-state index >= 15 is 0 Å². The van der Waals surface area contributed by atoms with E-state index in [4.69, 9.17) is 14.3 Å². The topological polar surface area (TPSA) is 69.2 Å². The first kappa shape index (κ1) is 16.6. The molecule has 1 spiro atoms. The van der Waals surface area contributed by atoms with Gasteiger partial charge in [-0.15, -0.1) is 0 Å². The van der Waals surface area contributed by atoms with E-state index < -0.39 is 0 Å². The minimum absolute atomic E-state index is 0.0524. The second-order valence-electron chi connectivity index (χ2n) is 6.38. The molecule has 1 aromatic carbocycles. The molecular formula is C18H24N2O4. The van der Waals surface area contributed by atoms with E-state index in [-0.39, 0.29) is 18.1 Å². The highest BCUT2D eigenvalue weighted by Gasteiger charge is 2.40. The molecule has 1 heterocycles. The average molecular weight is 332 g/mol. The largest absolute Gasteiger partial charge is 0.493 e. The Hall–Kier alpha value is -2.24. The number of hydrogen-bond donors (Lipinski definition) is 1. The number of oxime groups is 1. The normalized spacial score (nSPS) is 18.7. The van der Waals surface area contributed by atoms with Gasteiger partial charge in [-0.2, -0.15) is 0 Å². The van der Waals surface area contributed by atoms with Gasteiger partial charge in [-0.3, -0.25) is 4.79 Å². The zero-order valence-electron chi connectivity index (χ0n) is 14.3. The fourth-order valence-corrected chi connectivity index (χ4v) is 3.33. The van der Waals surface area contributed by atoms with Gasteiger partial charge >= 0.3 is 0 Å². The van der Waals surface area contributed by atoms with Crippen LogP contribution >= 0.6 is 0 Å². The Labute approximate surface area is 142 Å². The molecule has 6 heteroatoms. The third-order valence-electron chi connectivity index (χ3n) is 4.74. The predicted octanol–water partition coefficient (Wildman–Crippen LogP) is 2.65. The van der Waals surface area contributed by atoms with E-state index in [1.165, 1.54) is 19.3 Å². The fourth-order valence-electron chi connectivity index (χ4n) is 3.33. The first-order valence-corrected chi connectivity index (χ1v) is 8.43. The molecule has 2 aliphatic rings. The van der Waals surface area contributed by atoms with Crippen molar-refractivity contribution >= 4 is 11.6 Å². The monoisotopic (exact) mass is 332 g/mol. The van der Waals surface area contributed by atoms with Gasteiger partial charge in [-0.05, 0) is 43.9 Å². The molecule has 0 atom stereocenters. The summed E-state index contributed by atoms with van der Waals surface area (Å²) in [4.78, 5) is 17.2. The zero-order chi connectivity index (χ0) is 17.0. The summed E-state index contributed by atoms with van der Waals surface area (Å²) >= 11 is 0. The number of methoxy groups -OCH3 is 1. The second kappa shape index (κ2) is 7.11. The molecule has 0 radical (unpaired) electrons. The summed E-state index contributed by atoms with van der Waals surface area (Å²) in [6, 6.07) is 5.66. The lowest BCUT2D eigenvalue weighted by Gasteiger charge is -2.30. The van der Waals surface area contributed by atoms with E-state index in [1.807, 2.05) is 18.2 Å². The van der Waals surface area contributed by atoms with E-state index in [1.54, 1.807) is 14.2 Å². The van der Waals surface area contributed by atoms with Gasteiger partial charge in [0.15, 0.2) is 18.1 Å². The molecule has 24 heavy (non-hydrogen) atoms. The van der Waals surface area contributed by atoms with Gasteiger partial charge in [-0.1, -0.05) is 11.6 Å². The third kappa shape index (κ3) is 3.47. The van der Waals surface area contributed by atoms with Crippen molar-refractivity contribution in [3.8, 4) is 11.5 Å². The number of benzene rings is 1. The number of nitrogens with one attached hydrogen (secondary N) is 1. The molecule has 1 aromatic rings. The van der Waals surface area contributed by atoms with Gasteiger partial charge in [0.25, 0.3) is 5.91 Å². The third-order valence-corrected chi connectivity index (χ3v) is 4.74. The van der Waals surface area contributed by atoms with Crippen LogP contribution < -0.4 is 14.8 Å². The van der Waals surface area contributed by atoms with Crippen molar-refractivity contribution in [3.63, 3.8) is 0 Å². The van der Waals surface area contributed by atoms with Crippen LogP contribution in [0.5, 0.6) is 11.5 Å². The highest BCUT2D eigenvalue weighted by Crippen LogP contribution is 2.40. The van der Waals surface area contributed by atoms with Crippen LogP contribution in [0.15, 0.2) is 23.4 Å². The van der Waals surface area contributed by atoms with Crippen molar-refractivity contribution in [2.75, 3.05) is 20.8 Å². The van der Waals surface area contributed by atoms with E-state index in [9.17, 15) is 4.79 Å². The van der Waals surface area contributed by atoms with Gasteiger partial charge < -0.3 is 19.6 Å². The Morgan fingerprint density at radius 1 is 1.29 bits per heavy atom. The molecule has 1 aliphatic carbocycles. The molecule has 6 nitrogen and oxygen atoms in total. The van der Waals surface area contributed by atoms with Crippen molar-refractivity contribution in [1.82, 2.24) is 5.32 Å². The van der Waals surface area contributed by atoms with Crippen molar-refractivity contribution in [2.24, 2.45) is 5.16 Å². The number of amides is 1. The molecular weight excluding hydrogens is 308 g/mol. The molecule has 0 unspecified atom stereocenters. The Morgan fingerprint density at radius 2 is 2.08 bits per heavy atom. The molecule has 0 saturated heterocycles. The summed E-state index contributed by atoms with van der Waals surface area (Å²) in [6.07, 6.45) is 6.64. The first-order valence-electron chi connectivity index (χ1n) is 8.43. The molecule has 1 saturated carbocycles. The number of carbonyl (C=O) groups excluding carboxylic acids is 1. The van der Waals surface area contributed by atoms with E-state index in [0.29, 0.717) is 11.5 Å². The van der Waals surface area contributed by atoms with Crippen LogP contribution in [0.2, 0.25) is 0 Å². The summed E-state index contributed by atoms with van der Waals surface area (Å²) in [5.74, 6) is 0.936. The van der Waals surface area contributed by atoms with Crippen LogP contribution in [0.1, 0.15) is 44.1 Å². The number of rotatable bonds is 5. The predicted molar refractivity (Wildman–Crippen MR) is 90.6 cm³/mol. The van der Waals surface area contributed by atoms with Crippen LogP contribution in [0, 0.1) is 0 Å². The van der Waals surface area contributed by atoms with Crippen LogP contribution in [-0.2, 0) is 9.63 Å². The van der Waals surface area contributed by atoms with Crippen molar-refractivity contribution in [1.29, 1.82) is 0 Å². The SMILES string of the molecule is CNC(=O)COc1cc(C2=NOC3(CCCCC3)C2)ccc1OC. The van der Waals surface area contributed by atoms with Crippen LogP contribution in [0.4, 0.5) is 0 Å². The first-order chi connectivity index (χ1) is 11.7. The number of hydrogen-bond acceptors (Lipinski definition) is 5. The van der Waals surface area contributed by atoms with Crippen LogP contribution in [0.3, 0.4) is 0 Å². The molecule has 1 N–H and O–H groups in total. The van der Waals surface area contributed by atoms with Crippen molar-refractivity contribution in [2.45, 2.75) is 44.1 Å². The lowest BCUT2D eigenvalue weighted by molar-refractivity contribution is -0.122. The lowest BCUT2D eigenvalue weighted by atomic mass is 9.81. The molecule has 1 fully saturated rings. The average Bonchev–Trinajstić information content (AvgIpc) is 3.03. The molecule has 1 aliphatic heterocycles. The van der Waals surface area contributed by atoms with Crippen LogP contribution in [-0.4, -0.2) is 38.0 Å². The fraction of sp³-hybridized carbons (Fsp3) is 0.556. The van der Waals surface area contributed by atoms with Gasteiger partial charge in [0.1, 0.15) is 5.60 Å². The zero-order valence-corrected chi connectivity index (χ0v) is 14.3. The highest BCUT2D eigenvalue weighted by molar-refractivity contribution is 6.02. The Balaban J connectivity index is 1.75. The minimum Gasteiger partial charge on any atom is -0.493 e. The van der Waals surface area contributed by atoms with Gasteiger partial charge in [0.05, 0.1) is 12.8 Å². The summed E-state index contributed by atoms with van der Waals surface area (Å²) < 4.78 is 10.9. The molecule has 0 aromatic heterocycles. The van der Waals surface area contributed by atoms with Crippen molar-refractivity contribution in [3.05, 3.63) is 23.8 Å². The molecule has 3 rings (SSSR count). The Morgan fingerprint density at radius 3 is 2.79 bits per heavy atom. The van der Waals surface area contributed by atoms with Crippen LogP contribution in [0.25, 0.3) is 0 Å². The maximum atomic E-state index is 11.4. The second-order valence-corrected chi connectivity index (χ2v) is 6.38. The molecule has 130 valence electrons. The summed E-state index contributed by atoms with van der Waals surface area (Å²) in [5, 5.41) is 6.86. The van der Waals surface area contributed by atoms with Gasteiger partial charge in [0, 0.05) is 19.0 Å². The van der Waals surface area contributed by atoms with Gasteiger partial charge in [-0.25, -0.2) is 0 Å². The number of ether oxygens (including phenoxy) is 2. The maximum Gasteiger partial charge on any atom is 0.257 e. The molecule has 1 amide bonds. The smallest absolute Gasteiger partial charge is 0.257 e. The van der Waals surface area contributed by atoms with E-state index in [0.717, 1.165) is 30.5 Å². The number of nitrogens with zero attached hydrogens (tertiary/aromatic N) is 1. The minimum atomic E-state index is -0.190.